The second-order valence-electron chi connectivity index (χ2n) is 2.91. The predicted octanol–water partition coefficient (Wildman–Crippen LogP) is 0.0384. The van der Waals surface area contributed by atoms with E-state index >= 15 is 0 Å². The molecule has 90 valence electrons. The molecule has 1 aromatic carbocycles. The van der Waals surface area contributed by atoms with E-state index in [1.165, 1.54) is 0 Å². The van der Waals surface area contributed by atoms with E-state index < -0.39 is 21.2 Å². The van der Waals surface area contributed by atoms with Crippen LogP contribution in [0.1, 0.15) is 11.1 Å². The summed E-state index contributed by atoms with van der Waals surface area (Å²) in [6.45, 7) is 0. The molecule has 0 radical (unpaired) electrons. The molecule has 0 heterocycles. The highest BCUT2D eigenvalue weighted by molar-refractivity contribution is 5.68. The molecule has 0 atom stereocenters. The van der Waals surface area contributed by atoms with E-state index in [1.54, 1.807) is 0 Å². The number of benzene rings is 1. The average Bonchev–Trinajstić information content (AvgIpc) is 2.30. The van der Waals surface area contributed by atoms with Gasteiger partial charge in [0.2, 0.25) is 0 Å². The molecule has 4 N–H and O–H groups in total. The van der Waals surface area contributed by atoms with Crippen molar-refractivity contribution in [2.24, 2.45) is 11.5 Å². The molecule has 0 aliphatic rings. The second kappa shape index (κ2) is 5.18. The molecule has 0 fully saturated rings. The summed E-state index contributed by atoms with van der Waals surface area (Å²) in [5.74, 6) is 4.46. The molecule has 0 unspecified atom stereocenters. The van der Waals surface area contributed by atoms with Crippen molar-refractivity contribution in [1.82, 2.24) is 0 Å². The van der Waals surface area contributed by atoms with Crippen molar-refractivity contribution in [2.45, 2.75) is 0 Å². The fraction of sp³-hybridized carbons (Fsp3) is 0. The molecule has 0 saturated carbocycles. The van der Waals surface area contributed by atoms with Gasteiger partial charge in [-0.25, -0.2) is 0 Å². The Labute approximate surface area is 101 Å². The minimum absolute atomic E-state index is 0.227. The molecule has 1 aromatic rings. The molecule has 0 saturated heterocycles. The number of nitrogens with two attached hydrogens (primary N) is 2. The van der Waals surface area contributed by atoms with Crippen LogP contribution in [0.3, 0.4) is 0 Å². The van der Waals surface area contributed by atoms with Crippen LogP contribution in [0.4, 0.5) is 11.4 Å². The lowest BCUT2D eigenvalue weighted by Crippen LogP contribution is -2.01. The molecular formula is C10H6N4O4. The summed E-state index contributed by atoms with van der Waals surface area (Å²) >= 11 is 0. The van der Waals surface area contributed by atoms with Crippen LogP contribution in [0.2, 0.25) is 0 Å². The summed E-state index contributed by atoms with van der Waals surface area (Å²) in [4.78, 5) is 20.1. The Balaban J connectivity index is 3.77. The first kappa shape index (κ1) is 12.8. The maximum absolute atomic E-state index is 10.8. The van der Waals surface area contributed by atoms with E-state index in [0.717, 1.165) is 12.1 Å². The van der Waals surface area contributed by atoms with Crippen molar-refractivity contribution in [3.63, 3.8) is 0 Å². The van der Waals surface area contributed by atoms with Gasteiger partial charge in [-0.05, 0) is 11.8 Å². The minimum Gasteiger partial charge on any atom is -0.359 e. The second-order valence-corrected chi connectivity index (χ2v) is 2.91. The summed E-state index contributed by atoms with van der Waals surface area (Å²) in [5.41, 5.74) is 8.68. The summed E-state index contributed by atoms with van der Waals surface area (Å²) in [6, 6.07) is 5.86. The van der Waals surface area contributed by atoms with Crippen molar-refractivity contribution < 1.29 is 9.85 Å². The Morgan fingerprint density at radius 1 is 0.889 bits per heavy atom. The van der Waals surface area contributed by atoms with Gasteiger partial charge in [-0.15, -0.1) is 0 Å². The van der Waals surface area contributed by atoms with Crippen LogP contribution in [0, 0.1) is 44.2 Å². The monoisotopic (exact) mass is 246 g/mol. The van der Waals surface area contributed by atoms with Crippen molar-refractivity contribution in [3.8, 4) is 23.9 Å². The van der Waals surface area contributed by atoms with Crippen LogP contribution < -0.4 is 11.5 Å². The molecule has 8 heteroatoms. The minimum atomic E-state index is -0.731. The Kier molecular flexibility index (Phi) is 3.69. The highest BCUT2D eigenvalue weighted by Crippen LogP contribution is 2.28. The van der Waals surface area contributed by atoms with Crippen LogP contribution in [-0.2, 0) is 0 Å². The van der Waals surface area contributed by atoms with Gasteiger partial charge in [0.1, 0.15) is 11.1 Å². The first-order valence-corrected chi connectivity index (χ1v) is 4.42. The van der Waals surface area contributed by atoms with Gasteiger partial charge in [0.15, 0.2) is 0 Å². The zero-order chi connectivity index (χ0) is 13.7. The van der Waals surface area contributed by atoms with Crippen molar-refractivity contribution >= 4 is 11.4 Å². The van der Waals surface area contributed by atoms with Crippen LogP contribution >= 0.6 is 0 Å². The Morgan fingerprint density at radius 2 is 1.22 bits per heavy atom. The lowest BCUT2D eigenvalue weighted by molar-refractivity contribution is -0.389. The lowest BCUT2D eigenvalue weighted by atomic mass is 10.0. The predicted molar refractivity (Wildman–Crippen MR) is 61.9 cm³/mol. The highest BCUT2D eigenvalue weighted by atomic mass is 16.6. The maximum atomic E-state index is 10.8. The van der Waals surface area contributed by atoms with Crippen molar-refractivity contribution in [1.29, 1.82) is 0 Å². The average molecular weight is 246 g/mol. The normalized spacial score (nSPS) is 8.44. The van der Waals surface area contributed by atoms with Gasteiger partial charge in [-0.3, -0.25) is 20.2 Å². The number of nitro groups is 2. The standard InChI is InChI=1S/C10H6N4O4/c11-5-3-7-8(4-6-12)10(14(17)18)2-1-9(7)13(15)16/h1-2H,11-12H2. The molecule has 0 spiro atoms. The molecule has 0 aromatic heterocycles. The first-order valence-electron chi connectivity index (χ1n) is 4.42. The van der Waals surface area contributed by atoms with E-state index in [0.29, 0.717) is 0 Å². The third-order valence-electron chi connectivity index (χ3n) is 1.95. The molecule has 0 amide bonds. The van der Waals surface area contributed by atoms with E-state index in [2.05, 4.69) is 11.8 Å². The van der Waals surface area contributed by atoms with Crippen molar-refractivity contribution in [2.75, 3.05) is 0 Å². The Morgan fingerprint density at radius 3 is 1.44 bits per heavy atom. The Hall–Kier alpha value is -3.26. The zero-order valence-electron chi connectivity index (χ0n) is 8.84. The van der Waals surface area contributed by atoms with Gasteiger partial charge >= 0.3 is 0 Å². The highest BCUT2D eigenvalue weighted by Gasteiger charge is 2.24. The fourth-order valence-electron chi connectivity index (χ4n) is 1.28. The van der Waals surface area contributed by atoms with Crippen LogP contribution in [0.5, 0.6) is 0 Å². The third kappa shape index (κ3) is 2.28. The summed E-state index contributed by atoms with van der Waals surface area (Å²) in [5, 5.41) is 21.6. The SMILES string of the molecule is NC#Cc1c([N+](=O)[O-])ccc([N+](=O)[O-])c1C#CN. The molecule has 8 nitrogen and oxygen atoms in total. The smallest absolute Gasteiger partial charge is 0.286 e. The number of hydrogen-bond acceptors (Lipinski definition) is 6. The topological polar surface area (TPSA) is 138 Å². The molecule has 1 rings (SSSR count). The molecule has 18 heavy (non-hydrogen) atoms. The van der Waals surface area contributed by atoms with Gasteiger partial charge in [-0.1, -0.05) is 0 Å². The van der Waals surface area contributed by atoms with Crippen LogP contribution in [0.15, 0.2) is 12.1 Å². The quantitative estimate of drug-likeness (QED) is 0.327. The van der Waals surface area contributed by atoms with Crippen molar-refractivity contribution in [3.05, 3.63) is 43.5 Å². The number of rotatable bonds is 2. The van der Waals surface area contributed by atoms with E-state index in [1.807, 2.05) is 12.1 Å². The molecule has 0 aliphatic heterocycles. The van der Waals surface area contributed by atoms with Gasteiger partial charge in [0, 0.05) is 24.2 Å². The fourth-order valence-corrected chi connectivity index (χ4v) is 1.28. The van der Waals surface area contributed by atoms with Crippen LogP contribution in [0.25, 0.3) is 0 Å². The summed E-state index contributed by atoms with van der Waals surface area (Å²) in [7, 11) is 0. The van der Waals surface area contributed by atoms with Gasteiger partial charge in [-0.2, -0.15) is 0 Å². The summed E-state index contributed by atoms with van der Waals surface area (Å²) in [6.07, 6.45) is 0. The van der Waals surface area contributed by atoms with E-state index in [9.17, 15) is 20.2 Å². The summed E-state index contributed by atoms with van der Waals surface area (Å²) < 4.78 is 0. The van der Waals surface area contributed by atoms with Gasteiger partial charge in [0.25, 0.3) is 11.4 Å². The zero-order valence-corrected chi connectivity index (χ0v) is 8.84. The third-order valence-corrected chi connectivity index (χ3v) is 1.95. The number of nitro benzene ring substituents is 2. The van der Waals surface area contributed by atoms with E-state index in [4.69, 9.17) is 11.5 Å². The molecule has 0 bridgehead atoms. The number of nitrogens with zero attached hydrogens (tertiary/aromatic N) is 2. The Bertz CT molecular complexity index is 589. The molecular weight excluding hydrogens is 240 g/mol. The van der Waals surface area contributed by atoms with Crippen LogP contribution in [-0.4, -0.2) is 9.85 Å². The largest absolute Gasteiger partial charge is 0.359 e. The molecule has 0 aliphatic carbocycles. The maximum Gasteiger partial charge on any atom is 0.286 e. The number of hydrogen-bond donors (Lipinski definition) is 2. The van der Waals surface area contributed by atoms with Gasteiger partial charge < -0.3 is 11.5 Å². The first-order chi connectivity index (χ1) is 8.52. The van der Waals surface area contributed by atoms with Gasteiger partial charge in [0.05, 0.1) is 9.85 Å². The van der Waals surface area contributed by atoms with E-state index in [-0.39, 0.29) is 11.1 Å². The lowest BCUT2D eigenvalue weighted by Gasteiger charge is -2.00.